The molecule has 2 unspecified atom stereocenters. The molecule has 6 heteroatoms. The van der Waals surface area contributed by atoms with Crippen LogP contribution in [0.1, 0.15) is 58.8 Å². The molecule has 0 spiro atoms. The molecule has 0 bridgehead atoms. The third kappa shape index (κ3) is 5.18. The van der Waals surface area contributed by atoms with Gasteiger partial charge in [-0.3, -0.25) is 4.90 Å². The summed E-state index contributed by atoms with van der Waals surface area (Å²) in [4.78, 5) is 25.1. The summed E-state index contributed by atoms with van der Waals surface area (Å²) in [7, 11) is 0. The molecule has 0 radical (unpaired) electrons. The zero-order chi connectivity index (χ0) is 17.4. The second-order valence-corrected chi connectivity index (χ2v) is 7.04. The average Bonchev–Trinajstić information content (AvgIpc) is 3.09. The quantitative estimate of drug-likeness (QED) is 0.619. The molecule has 2 atom stereocenters. The van der Waals surface area contributed by atoms with Crippen LogP contribution in [-0.4, -0.2) is 61.3 Å². The number of fused-ring (bicyclic) bond motifs is 1. The first-order valence-electron chi connectivity index (χ1n) is 9.32. The predicted molar refractivity (Wildman–Crippen MR) is 92.1 cm³/mol. The van der Waals surface area contributed by atoms with E-state index in [0.717, 1.165) is 45.4 Å². The number of amides is 1. The summed E-state index contributed by atoms with van der Waals surface area (Å²) in [6.07, 6.45) is 6.44. The van der Waals surface area contributed by atoms with Gasteiger partial charge >= 0.3 is 6.09 Å². The number of nitrogens with one attached hydrogen (secondary N) is 1. The molecule has 0 aromatic heterocycles. The second-order valence-electron chi connectivity index (χ2n) is 7.04. The largest absolute Gasteiger partial charge is 0.448 e. The predicted octanol–water partition coefficient (Wildman–Crippen LogP) is 2.51. The van der Waals surface area contributed by atoms with Gasteiger partial charge in [-0.15, -0.1) is 0 Å². The monoisotopic (exact) mass is 340 g/mol. The van der Waals surface area contributed by atoms with E-state index in [2.05, 4.69) is 10.2 Å². The molecule has 138 valence electrons. The van der Waals surface area contributed by atoms with Gasteiger partial charge in [0, 0.05) is 31.2 Å². The maximum atomic E-state index is 11.8. The van der Waals surface area contributed by atoms with E-state index in [1.54, 1.807) is 6.92 Å². The molecule has 0 aliphatic carbocycles. The summed E-state index contributed by atoms with van der Waals surface area (Å²) in [6, 6.07) is 0.316. The van der Waals surface area contributed by atoms with Crippen LogP contribution in [0.3, 0.4) is 0 Å². The Morgan fingerprint density at radius 2 is 2.12 bits per heavy atom. The molecule has 24 heavy (non-hydrogen) atoms. The Kier molecular flexibility index (Phi) is 7.49. The van der Waals surface area contributed by atoms with Crippen molar-refractivity contribution in [1.82, 2.24) is 10.2 Å². The fourth-order valence-electron chi connectivity index (χ4n) is 3.99. The minimum Gasteiger partial charge on any atom is -0.448 e. The van der Waals surface area contributed by atoms with E-state index in [9.17, 15) is 9.59 Å². The Morgan fingerprint density at radius 3 is 2.88 bits per heavy atom. The molecule has 1 amide bonds. The van der Waals surface area contributed by atoms with E-state index in [4.69, 9.17) is 9.47 Å². The number of hydrogen-bond acceptors (Lipinski definition) is 5. The van der Waals surface area contributed by atoms with Crippen molar-refractivity contribution in [3.63, 3.8) is 0 Å². The molecular weight excluding hydrogens is 308 g/mol. The first-order chi connectivity index (χ1) is 11.6. The number of carbonyl (C=O) groups is 2. The van der Waals surface area contributed by atoms with Gasteiger partial charge in [0.15, 0.2) is 0 Å². The highest BCUT2D eigenvalue weighted by molar-refractivity contribution is 5.75. The van der Waals surface area contributed by atoms with E-state index in [0.29, 0.717) is 25.6 Å². The minimum absolute atomic E-state index is 0.174. The van der Waals surface area contributed by atoms with Crippen LogP contribution in [-0.2, 0) is 14.3 Å². The summed E-state index contributed by atoms with van der Waals surface area (Å²) in [6.45, 7) is 7.26. The summed E-state index contributed by atoms with van der Waals surface area (Å²) in [5, 5.41) is 2.77. The number of hydrogen-bond donors (Lipinski definition) is 1. The van der Waals surface area contributed by atoms with Gasteiger partial charge in [-0.2, -0.15) is 0 Å². The maximum Gasteiger partial charge on any atom is 0.407 e. The van der Waals surface area contributed by atoms with Crippen molar-refractivity contribution in [3.05, 3.63) is 0 Å². The molecule has 1 N–H and O–H groups in total. The van der Waals surface area contributed by atoms with Crippen LogP contribution in [0.5, 0.6) is 0 Å². The van der Waals surface area contributed by atoms with Crippen LogP contribution in [0.4, 0.5) is 4.79 Å². The standard InChI is InChI=1S/C18H32N2O4/c1-3-23-14-18-9-6-12-20(18)16(8-10-18)13-24-17(22)19-11-5-4-7-15(2)21/h16H,3-14H2,1-2H3,(H,19,22). The lowest BCUT2D eigenvalue weighted by atomic mass is 9.95. The lowest BCUT2D eigenvalue weighted by Crippen LogP contribution is -2.47. The Morgan fingerprint density at radius 1 is 1.29 bits per heavy atom. The number of ketones is 1. The SMILES string of the molecule is CCOCC12CCCN1C(COC(=O)NCCCCC(C)=O)CC2. The topological polar surface area (TPSA) is 67.9 Å². The Balaban J connectivity index is 1.65. The van der Waals surface area contributed by atoms with E-state index >= 15 is 0 Å². The average molecular weight is 340 g/mol. The number of unbranched alkanes of at least 4 members (excludes halogenated alkanes) is 1. The number of Topliss-reactive ketones (excluding diaryl/α,β-unsaturated/α-hetero) is 1. The first-order valence-corrected chi connectivity index (χ1v) is 9.32. The highest BCUT2D eigenvalue weighted by Gasteiger charge is 2.49. The molecule has 6 nitrogen and oxygen atoms in total. The van der Waals surface area contributed by atoms with Gasteiger partial charge in [0.25, 0.3) is 0 Å². The number of ether oxygens (including phenoxy) is 2. The molecule has 2 rings (SSSR count). The number of alkyl carbamates (subject to hydrolysis) is 1. The summed E-state index contributed by atoms with van der Waals surface area (Å²) >= 11 is 0. The van der Waals surface area contributed by atoms with Gasteiger partial charge in [0.05, 0.1) is 6.61 Å². The molecule has 0 saturated carbocycles. The smallest absolute Gasteiger partial charge is 0.407 e. The molecule has 2 aliphatic heterocycles. The number of carbonyl (C=O) groups excluding carboxylic acids is 2. The van der Waals surface area contributed by atoms with Gasteiger partial charge in [0.1, 0.15) is 12.4 Å². The highest BCUT2D eigenvalue weighted by Crippen LogP contribution is 2.42. The van der Waals surface area contributed by atoms with Gasteiger partial charge in [-0.05, 0) is 58.9 Å². The molecule has 0 aromatic carbocycles. The number of nitrogens with zero attached hydrogens (tertiary/aromatic N) is 1. The van der Waals surface area contributed by atoms with Crippen molar-refractivity contribution < 1.29 is 19.1 Å². The minimum atomic E-state index is -0.348. The summed E-state index contributed by atoms with van der Waals surface area (Å²) in [5.74, 6) is 0.194. The van der Waals surface area contributed by atoms with Crippen molar-refractivity contribution in [1.29, 1.82) is 0 Å². The second kappa shape index (κ2) is 9.37. The summed E-state index contributed by atoms with van der Waals surface area (Å²) < 4.78 is 11.1. The third-order valence-electron chi connectivity index (χ3n) is 5.24. The zero-order valence-electron chi connectivity index (χ0n) is 15.1. The van der Waals surface area contributed by atoms with Crippen LogP contribution >= 0.6 is 0 Å². The van der Waals surface area contributed by atoms with Crippen LogP contribution in [0.25, 0.3) is 0 Å². The van der Waals surface area contributed by atoms with Crippen molar-refractivity contribution in [2.75, 3.05) is 32.9 Å². The molecule has 2 saturated heterocycles. The van der Waals surface area contributed by atoms with E-state index in [-0.39, 0.29) is 17.4 Å². The van der Waals surface area contributed by atoms with Crippen molar-refractivity contribution >= 4 is 11.9 Å². The van der Waals surface area contributed by atoms with Crippen LogP contribution < -0.4 is 5.32 Å². The van der Waals surface area contributed by atoms with Gasteiger partial charge in [-0.25, -0.2) is 4.79 Å². The van der Waals surface area contributed by atoms with Gasteiger partial charge in [0.2, 0.25) is 0 Å². The lowest BCUT2D eigenvalue weighted by molar-refractivity contribution is -0.117. The Hall–Kier alpha value is -1.14. The molecule has 0 aromatic rings. The van der Waals surface area contributed by atoms with Gasteiger partial charge < -0.3 is 19.6 Å². The third-order valence-corrected chi connectivity index (χ3v) is 5.24. The zero-order valence-corrected chi connectivity index (χ0v) is 15.1. The van der Waals surface area contributed by atoms with Crippen LogP contribution in [0.2, 0.25) is 0 Å². The molecule has 2 aliphatic rings. The molecule has 2 fully saturated rings. The van der Waals surface area contributed by atoms with E-state index in [1.165, 1.54) is 12.8 Å². The Labute approximate surface area is 145 Å². The van der Waals surface area contributed by atoms with Crippen molar-refractivity contribution in [2.24, 2.45) is 0 Å². The van der Waals surface area contributed by atoms with Crippen LogP contribution in [0.15, 0.2) is 0 Å². The van der Waals surface area contributed by atoms with E-state index < -0.39 is 0 Å². The molecule has 2 heterocycles. The summed E-state index contributed by atoms with van der Waals surface area (Å²) in [5.41, 5.74) is 0.174. The normalized spacial score (nSPS) is 26.3. The fourth-order valence-corrected chi connectivity index (χ4v) is 3.99. The highest BCUT2D eigenvalue weighted by atomic mass is 16.5. The number of rotatable bonds is 10. The van der Waals surface area contributed by atoms with Crippen molar-refractivity contribution in [2.45, 2.75) is 70.4 Å². The first kappa shape index (κ1) is 19.2. The maximum absolute atomic E-state index is 11.8. The van der Waals surface area contributed by atoms with E-state index in [1.807, 2.05) is 6.92 Å². The van der Waals surface area contributed by atoms with Crippen LogP contribution in [0, 0.1) is 0 Å². The molecular formula is C18H32N2O4. The fraction of sp³-hybridized carbons (Fsp3) is 0.889. The Bertz CT molecular complexity index is 429. The van der Waals surface area contributed by atoms with Crippen molar-refractivity contribution in [3.8, 4) is 0 Å². The lowest BCUT2D eigenvalue weighted by Gasteiger charge is -2.34. The van der Waals surface area contributed by atoms with Gasteiger partial charge in [-0.1, -0.05) is 0 Å².